The van der Waals surface area contributed by atoms with Crippen molar-refractivity contribution in [2.45, 2.75) is 44.7 Å². The summed E-state index contributed by atoms with van der Waals surface area (Å²) >= 11 is 0. The van der Waals surface area contributed by atoms with Gasteiger partial charge in [0.1, 0.15) is 0 Å². The SMILES string of the molecule is Cn1nccc1CN1CCC(C(=O)NC2CCCC2)C1. The topological polar surface area (TPSA) is 50.2 Å². The van der Waals surface area contributed by atoms with Gasteiger partial charge in [0.15, 0.2) is 0 Å². The molecule has 0 bridgehead atoms. The molecule has 110 valence electrons. The number of nitrogens with zero attached hydrogens (tertiary/aromatic N) is 3. The van der Waals surface area contributed by atoms with Crippen LogP contribution in [0.3, 0.4) is 0 Å². The van der Waals surface area contributed by atoms with Crippen molar-refractivity contribution in [1.29, 1.82) is 0 Å². The summed E-state index contributed by atoms with van der Waals surface area (Å²) in [7, 11) is 1.97. The van der Waals surface area contributed by atoms with Crippen molar-refractivity contribution in [1.82, 2.24) is 20.0 Å². The van der Waals surface area contributed by atoms with Gasteiger partial charge in [0, 0.05) is 32.4 Å². The van der Waals surface area contributed by atoms with E-state index < -0.39 is 0 Å². The number of aromatic nitrogens is 2. The fraction of sp³-hybridized carbons (Fsp3) is 0.733. The molecule has 1 aliphatic carbocycles. The molecule has 0 spiro atoms. The molecule has 1 saturated heterocycles. The summed E-state index contributed by atoms with van der Waals surface area (Å²) in [6, 6.07) is 2.49. The predicted octanol–water partition coefficient (Wildman–Crippen LogP) is 1.30. The van der Waals surface area contributed by atoms with E-state index in [1.54, 1.807) is 0 Å². The maximum Gasteiger partial charge on any atom is 0.224 e. The quantitative estimate of drug-likeness (QED) is 0.902. The third-order valence-corrected chi connectivity index (χ3v) is 4.65. The van der Waals surface area contributed by atoms with Crippen LogP contribution in [0.2, 0.25) is 0 Å². The summed E-state index contributed by atoms with van der Waals surface area (Å²) in [4.78, 5) is 14.6. The second-order valence-corrected chi connectivity index (χ2v) is 6.16. The van der Waals surface area contributed by atoms with E-state index in [2.05, 4.69) is 15.3 Å². The van der Waals surface area contributed by atoms with E-state index in [9.17, 15) is 4.79 Å². The highest BCUT2D eigenvalue weighted by molar-refractivity contribution is 5.79. The van der Waals surface area contributed by atoms with Crippen molar-refractivity contribution in [3.8, 4) is 0 Å². The van der Waals surface area contributed by atoms with Gasteiger partial charge >= 0.3 is 0 Å². The Bertz CT molecular complexity index is 464. The van der Waals surface area contributed by atoms with Crippen molar-refractivity contribution >= 4 is 5.91 Å². The van der Waals surface area contributed by atoms with Gasteiger partial charge in [0.05, 0.1) is 11.6 Å². The van der Waals surface area contributed by atoms with Crippen LogP contribution in [-0.4, -0.2) is 39.7 Å². The highest BCUT2D eigenvalue weighted by atomic mass is 16.2. The number of amides is 1. The van der Waals surface area contributed by atoms with Crippen LogP contribution in [-0.2, 0) is 18.4 Å². The Labute approximate surface area is 120 Å². The lowest BCUT2D eigenvalue weighted by Crippen LogP contribution is -2.38. The summed E-state index contributed by atoms with van der Waals surface area (Å²) in [5.74, 6) is 0.438. The highest BCUT2D eigenvalue weighted by Gasteiger charge is 2.30. The Balaban J connectivity index is 1.48. The zero-order chi connectivity index (χ0) is 13.9. The predicted molar refractivity (Wildman–Crippen MR) is 77.0 cm³/mol. The molecule has 2 aliphatic rings. The lowest BCUT2D eigenvalue weighted by molar-refractivity contribution is -0.125. The molecule has 2 heterocycles. The monoisotopic (exact) mass is 276 g/mol. The second kappa shape index (κ2) is 5.95. The minimum atomic E-state index is 0.170. The third kappa shape index (κ3) is 3.03. The van der Waals surface area contributed by atoms with E-state index in [4.69, 9.17) is 0 Å². The first kappa shape index (κ1) is 13.6. The van der Waals surface area contributed by atoms with Crippen molar-refractivity contribution in [3.63, 3.8) is 0 Å². The zero-order valence-electron chi connectivity index (χ0n) is 12.2. The molecular formula is C15H24N4O. The minimum Gasteiger partial charge on any atom is -0.353 e. The van der Waals surface area contributed by atoms with Crippen LogP contribution in [0, 0.1) is 5.92 Å². The van der Waals surface area contributed by atoms with E-state index in [-0.39, 0.29) is 11.8 Å². The van der Waals surface area contributed by atoms with Crippen molar-refractivity contribution < 1.29 is 4.79 Å². The van der Waals surface area contributed by atoms with Gasteiger partial charge in [-0.1, -0.05) is 12.8 Å². The van der Waals surface area contributed by atoms with Gasteiger partial charge in [-0.15, -0.1) is 0 Å². The van der Waals surface area contributed by atoms with Gasteiger partial charge in [-0.2, -0.15) is 5.10 Å². The third-order valence-electron chi connectivity index (χ3n) is 4.65. The number of carbonyl (C=O) groups excluding carboxylic acids is 1. The fourth-order valence-corrected chi connectivity index (χ4v) is 3.36. The normalized spacial score (nSPS) is 24.4. The summed E-state index contributed by atoms with van der Waals surface area (Å²) in [6.07, 6.45) is 7.67. The minimum absolute atomic E-state index is 0.170. The van der Waals surface area contributed by atoms with Crippen LogP contribution in [0.4, 0.5) is 0 Å². The Hall–Kier alpha value is -1.36. The second-order valence-electron chi connectivity index (χ2n) is 6.16. The van der Waals surface area contributed by atoms with Crippen LogP contribution in [0.15, 0.2) is 12.3 Å². The first-order valence-electron chi connectivity index (χ1n) is 7.72. The van der Waals surface area contributed by atoms with E-state index in [0.29, 0.717) is 6.04 Å². The molecule has 1 amide bonds. The van der Waals surface area contributed by atoms with Crippen molar-refractivity contribution in [2.24, 2.45) is 13.0 Å². The van der Waals surface area contributed by atoms with Crippen molar-refractivity contribution in [3.05, 3.63) is 18.0 Å². The van der Waals surface area contributed by atoms with Crippen LogP contribution in [0.5, 0.6) is 0 Å². The van der Waals surface area contributed by atoms with E-state index in [0.717, 1.165) is 38.9 Å². The molecule has 1 aliphatic heterocycles. The summed E-state index contributed by atoms with van der Waals surface area (Å²) < 4.78 is 1.91. The molecule has 20 heavy (non-hydrogen) atoms. The average molecular weight is 276 g/mol. The molecule has 0 aromatic carbocycles. The number of rotatable bonds is 4. The van der Waals surface area contributed by atoms with E-state index in [1.165, 1.54) is 18.5 Å². The lowest BCUT2D eigenvalue weighted by Gasteiger charge is -2.17. The van der Waals surface area contributed by atoms with Gasteiger partial charge in [0.2, 0.25) is 5.91 Å². The molecule has 1 saturated carbocycles. The first-order valence-corrected chi connectivity index (χ1v) is 7.72. The van der Waals surface area contributed by atoms with E-state index in [1.807, 2.05) is 24.0 Å². The lowest BCUT2D eigenvalue weighted by atomic mass is 10.1. The zero-order valence-corrected chi connectivity index (χ0v) is 12.2. The number of likely N-dealkylation sites (tertiary alicyclic amines) is 1. The van der Waals surface area contributed by atoms with Gasteiger partial charge < -0.3 is 5.32 Å². The van der Waals surface area contributed by atoms with Gasteiger partial charge in [0.25, 0.3) is 0 Å². The summed E-state index contributed by atoms with van der Waals surface area (Å²) in [6.45, 7) is 2.78. The molecule has 1 aromatic rings. The Morgan fingerprint density at radius 3 is 2.90 bits per heavy atom. The first-order chi connectivity index (χ1) is 9.72. The smallest absolute Gasteiger partial charge is 0.224 e. The number of carbonyl (C=O) groups is 1. The molecule has 1 aromatic heterocycles. The van der Waals surface area contributed by atoms with Crippen LogP contribution in [0.25, 0.3) is 0 Å². The number of nitrogens with one attached hydrogen (secondary N) is 1. The van der Waals surface area contributed by atoms with Gasteiger partial charge in [-0.05, 0) is 31.9 Å². The van der Waals surface area contributed by atoms with Gasteiger partial charge in [-0.3, -0.25) is 14.4 Å². The Morgan fingerprint density at radius 1 is 1.40 bits per heavy atom. The number of hydrogen-bond acceptors (Lipinski definition) is 3. The Kier molecular flexibility index (Phi) is 4.05. The maximum atomic E-state index is 12.3. The molecule has 5 nitrogen and oxygen atoms in total. The molecule has 1 N–H and O–H groups in total. The number of hydrogen-bond donors (Lipinski definition) is 1. The maximum absolute atomic E-state index is 12.3. The highest BCUT2D eigenvalue weighted by Crippen LogP contribution is 2.21. The fourth-order valence-electron chi connectivity index (χ4n) is 3.36. The molecule has 3 rings (SSSR count). The standard InChI is InChI=1S/C15H24N4O/c1-18-14(6-8-16-18)11-19-9-7-12(10-19)15(20)17-13-4-2-3-5-13/h6,8,12-13H,2-5,7,9-11H2,1H3,(H,17,20). The largest absolute Gasteiger partial charge is 0.353 e. The molecular weight excluding hydrogens is 252 g/mol. The number of aryl methyl sites for hydroxylation is 1. The average Bonchev–Trinajstić information content (AvgIpc) is 3.13. The molecule has 0 radical (unpaired) electrons. The van der Waals surface area contributed by atoms with Crippen LogP contribution >= 0.6 is 0 Å². The van der Waals surface area contributed by atoms with Gasteiger partial charge in [-0.25, -0.2) is 0 Å². The summed E-state index contributed by atoms with van der Waals surface area (Å²) in [5, 5.41) is 7.42. The summed E-state index contributed by atoms with van der Waals surface area (Å²) in [5.41, 5.74) is 1.21. The molecule has 1 atom stereocenters. The molecule has 2 fully saturated rings. The van der Waals surface area contributed by atoms with Crippen LogP contribution < -0.4 is 5.32 Å². The van der Waals surface area contributed by atoms with E-state index >= 15 is 0 Å². The Morgan fingerprint density at radius 2 is 2.20 bits per heavy atom. The van der Waals surface area contributed by atoms with Crippen molar-refractivity contribution in [2.75, 3.05) is 13.1 Å². The van der Waals surface area contributed by atoms with Crippen LogP contribution in [0.1, 0.15) is 37.8 Å². The molecule has 1 unspecified atom stereocenters. The molecule has 5 heteroatoms.